The number of rotatable bonds is 1. The Morgan fingerprint density at radius 3 is 2.58 bits per heavy atom. The Balaban J connectivity index is 3.39. The van der Waals surface area contributed by atoms with Crippen LogP contribution in [0.15, 0.2) is 6.07 Å². The van der Waals surface area contributed by atoms with Crippen molar-refractivity contribution in [1.29, 1.82) is 0 Å². The van der Waals surface area contributed by atoms with Crippen LogP contribution < -0.4 is 4.74 Å². The van der Waals surface area contributed by atoms with E-state index in [9.17, 15) is 4.39 Å². The van der Waals surface area contributed by atoms with E-state index in [1.54, 1.807) is 0 Å². The molecule has 5 heteroatoms. The summed E-state index contributed by atoms with van der Waals surface area (Å²) in [5.74, 6) is -0.515. The van der Waals surface area contributed by atoms with Crippen molar-refractivity contribution in [1.82, 2.24) is 0 Å². The molecule has 66 valence electrons. The topological polar surface area (TPSA) is 9.23 Å². The molecule has 0 bridgehead atoms. The standard InChI is InChI=1S/C7H4Cl2FIO/c1-12-4-2-3(8)7(11)5(9)6(4)10/h2H,1H3. The maximum absolute atomic E-state index is 13.1. The van der Waals surface area contributed by atoms with Crippen LogP contribution in [0.5, 0.6) is 5.75 Å². The first-order valence-corrected chi connectivity index (χ1v) is 4.78. The summed E-state index contributed by atoms with van der Waals surface area (Å²) in [7, 11) is 1.36. The molecular weight excluding hydrogens is 317 g/mol. The molecule has 0 fully saturated rings. The van der Waals surface area contributed by atoms with E-state index in [4.69, 9.17) is 27.9 Å². The fourth-order valence-electron chi connectivity index (χ4n) is 0.700. The number of benzene rings is 1. The van der Waals surface area contributed by atoms with Crippen LogP contribution in [0.4, 0.5) is 4.39 Å². The van der Waals surface area contributed by atoms with Crippen LogP contribution in [0.25, 0.3) is 0 Å². The summed E-state index contributed by atoms with van der Waals surface area (Å²) in [5, 5.41) is 0.388. The predicted molar refractivity (Wildman–Crippen MR) is 55.7 cm³/mol. The third kappa shape index (κ3) is 1.78. The third-order valence-electron chi connectivity index (χ3n) is 1.29. The summed E-state index contributed by atoms with van der Waals surface area (Å²) in [6, 6.07) is 1.39. The van der Waals surface area contributed by atoms with E-state index >= 15 is 0 Å². The van der Waals surface area contributed by atoms with Crippen LogP contribution in [-0.4, -0.2) is 7.11 Å². The molecule has 1 aromatic rings. The SMILES string of the molecule is COc1cc(Cl)c(I)c(Cl)c1F. The van der Waals surface area contributed by atoms with E-state index in [-0.39, 0.29) is 10.8 Å². The van der Waals surface area contributed by atoms with Crippen LogP contribution in [0.3, 0.4) is 0 Å². The number of ether oxygens (including phenoxy) is 1. The van der Waals surface area contributed by atoms with Crippen LogP contribution in [0, 0.1) is 9.39 Å². The lowest BCUT2D eigenvalue weighted by atomic mass is 10.3. The molecule has 1 aromatic carbocycles. The van der Waals surface area contributed by atoms with Crippen LogP contribution in [0.1, 0.15) is 0 Å². The molecular formula is C7H4Cl2FIO. The van der Waals surface area contributed by atoms with Crippen LogP contribution in [-0.2, 0) is 0 Å². The second kappa shape index (κ2) is 3.98. The number of hydrogen-bond donors (Lipinski definition) is 0. The van der Waals surface area contributed by atoms with Gasteiger partial charge in [-0.05, 0) is 22.6 Å². The molecule has 0 amide bonds. The highest BCUT2D eigenvalue weighted by molar-refractivity contribution is 14.1. The maximum Gasteiger partial charge on any atom is 0.184 e. The highest BCUT2D eigenvalue weighted by Crippen LogP contribution is 2.34. The van der Waals surface area contributed by atoms with Crippen LogP contribution in [0.2, 0.25) is 10.0 Å². The summed E-state index contributed by atoms with van der Waals surface area (Å²) in [6.07, 6.45) is 0. The zero-order valence-electron chi connectivity index (χ0n) is 6.00. The fraction of sp³-hybridized carbons (Fsp3) is 0.143. The van der Waals surface area contributed by atoms with Crippen molar-refractivity contribution in [2.24, 2.45) is 0 Å². The van der Waals surface area contributed by atoms with Gasteiger partial charge in [0.05, 0.1) is 20.7 Å². The zero-order valence-corrected chi connectivity index (χ0v) is 9.67. The summed E-state index contributed by atoms with van der Waals surface area (Å²) in [4.78, 5) is 0. The van der Waals surface area contributed by atoms with Crippen molar-refractivity contribution < 1.29 is 9.13 Å². The first-order valence-electron chi connectivity index (χ1n) is 2.95. The lowest BCUT2D eigenvalue weighted by molar-refractivity contribution is 0.386. The lowest BCUT2D eigenvalue weighted by Gasteiger charge is -2.05. The Labute approximate surface area is 92.9 Å². The molecule has 0 aliphatic rings. The Kier molecular flexibility index (Phi) is 3.43. The van der Waals surface area contributed by atoms with Gasteiger partial charge < -0.3 is 4.74 Å². The van der Waals surface area contributed by atoms with Gasteiger partial charge in [0, 0.05) is 6.07 Å². The quantitative estimate of drug-likeness (QED) is 0.435. The van der Waals surface area contributed by atoms with E-state index in [1.165, 1.54) is 13.2 Å². The summed E-state index contributed by atoms with van der Waals surface area (Å²) in [5.41, 5.74) is 0. The van der Waals surface area contributed by atoms with E-state index in [1.807, 2.05) is 22.6 Å². The summed E-state index contributed by atoms with van der Waals surface area (Å²) >= 11 is 13.2. The van der Waals surface area contributed by atoms with Gasteiger partial charge >= 0.3 is 0 Å². The van der Waals surface area contributed by atoms with E-state index in [2.05, 4.69) is 0 Å². The second-order valence-electron chi connectivity index (χ2n) is 2.00. The number of halogens is 4. The van der Waals surface area contributed by atoms with Gasteiger partial charge in [0.2, 0.25) is 0 Å². The van der Waals surface area contributed by atoms with Crippen molar-refractivity contribution in [3.05, 3.63) is 25.5 Å². The van der Waals surface area contributed by atoms with Gasteiger partial charge in [0.1, 0.15) is 0 Å². The first kappa shape index (κ1) is 10.3. The molecule has 0 aliphatic heterocycles. The van der Waals surface area contributed by atoms with E-state index in [0.29, 0.717) is 8.59 Å². The molecule has 12 heavy (non-hydrogen) atoms. The average Bonchev–Trinajstić information content (AvgIpc) is 2.08. The smallest absolute Gasteiger partial charge is 0.184 e. The molecule has 1 rings (SSSR count). The molecule has 0 spiro atoms. The Bertz CT molecular complexity index is 317. The van der Waals surface area contributed by atoms with Gasteiger partial charge in [-0.3, -0.25) is 0 Å². The molecule has 0 saturated heterocycles. The molecule has 0 unspecified atom stereocenters. The first-order chi connectivity index (χ1) is 5.57. The maximum atomic E-state index is 13.1. The zero-order chi connectivity index (χ0) is 9.30. The second-order valence-corrected chi connectivity index (χ2v) is 3.87. The van der Waals surface area contributed by atoms with Gasteiger partial charge in [0.15, 0.2) is 11.6 Å². The van der Waals surface area contributed by atoms with Gasteiger partial charge in [-0.25, -0.2) is 4.39 Å². The highest BCUT2D eigenvalue weighted by Gasteiger charge is 2.14. The molecule has 0 aliphatic carbocycles. The van der Waals surface area contributed by atoms with Crippen molar-refractivity contribution in [2.75, 3.05) is 7.11 Å². The van der Waals surface area contributed by atoms with Crippen molar-refractivity contribution in [2.45, 2.75) is 0 Å². The largest absolute Gasteiger partial charge is 0.494 e. The molecule has 0 saturated carbocycles. The Hall–Kier alpha value is 0.260. The van der Waals surface area contributed by atoms with E-state index < -0.39 is 5.82 Å². The molecule has 0 aromatic heterocycles. The predicted octanol–water partition coefficient (Wildman–Crippen LogP) is 3.75. The summed E-state index contributed by atoms with van der Waals surface area (Å²) < 4.78 is 18.3. The Morgan fingerprint density at radius 1 is 1.50 bits per heavy atom. The molecule has 1 nitrogen and oxygen atoms in total. The van der Waals surface area contributed by atoms with Gasteiger partial charge in [-0.2, -0.15) is 0 Å². The highest BCUT2D eigenvalue weighted by atomic mass is 127. The van der Waals surface area contributed by atoms with Gasteiger partial charge in [-0.15, -0.1) is 0 Å². The molecule has 0 atom stereocenters. The monoisotopic (exact) mass is 320 g/mol. The number of methoxy groups -OCH3 is 1. The Morgan fingerprint density at radius 2 is 2.08 bits per heavy atom. The summed E-state index contributed by atoms with van der Waals surface area (Å²) in [6.45, 7) is 0. The minimum Gasteiger partial charge on any atom is -0.494 e. The average molecular weight is 321 g/mol. The molecule has 0 radical (unpaired) electrons. The van der Waals surface area contributed by atoms with E-state index in [0.717, 1.165) is 0 Å². The van der Waals surface area contributed by atoms with Gasteiger partial charge in [-0.1, -0.05) is 23.2 Å². The van der Waals surface area contributed by atoms with Crippen molar-refractivity contribution in [3.63, 3.8) is 0 Å². The van der Waals surface area contributed by atoms with Crippen molar-refractivity contribution >= 4 is 45.8 Å². The third-order valence-corrected chi connectivity index (χ3v) is 3.70. The molecule has 0 heterocycles. The van der Waals surface area contributed by atoms with Crippen molar-refractivity contribution in [3.8, 4) is 5.75 Å². The number of hydrogen-bond acceptors (Lipinski definition) is 1. The normalized spacial score (nSPS) is 10.1. The minimum absolute atomic E-state index is 0.0000463. The van der Waals surface area contributed by atoms with Gasteiger partial charge in [0.25, 0.3) is 0 Å². The van der Waals surface area contributed by atoms with Crippen LogP contribution >= 0.6 is 45.8 Å². The minimum atomic E-state index is -0.576. The lowest BCUT2D eigenvalue weighted by Crippen LogP contribution is -1.91. The fourth-order valence-corrected chi connectivity index (χ4v) is 1.53. The molecule has 0 N–H and O–H groups in total.